The molecule has 0 fully saturated rings. The quantitative estimate of drug-likeness (QED) is 0.609. The molecule has 0 aromatic heterocycles. The number of hydrogen-bond donors (Lipinski definition) is 0. The summed E-state index contributed by atoms with van der Waals surface area (Å²) >= 11 is 1.04. The summed E-state index contributed by atoms with van der Waals surface area (Å²) in [5.41, 5.74) is 3.43. The molecule has 0 saturated heterocycles. The second kappa shape index (κ2) is 7.75. The zero-order chi connectivity index (χ0) is 16.8. The third-order valence-electron chi connectivity index (χ3n) is 3.66. The van der Waals surface area contributed by atoms with Gasteiger partial charge in [0.15, 0.2) is 5.78 Å². The van der Waals surface area contributed by atoms with E-state index >= 15 is 0 Å². The Morgan fingerprint density at radius 2 is 1.17 bits per heavy atom. The standard InChI is InChI=1S/C21H16O2S/c22-20(15-24-21(23)19-9-5-2-6-10-19)18-13-11-17(12-14-18)16-7-3-1-4-8-16/h1-14H,15H2. The molecule has 0 N–H and O–H groups in total. The van der Waals surface area contributed by atoms with E-state index < -0.39 is 0 Å². The minimum absolute atomic E-state index is 0.0381. The van der Waals surface area contributed by atoms with Crippen molar-refractivity contribution in [1.82, 2.24) is 0 Å². The van der Waals surface area contributed by atoms with Crippen molar-refractivity contribution in [2.75, 3.05) is 5.75 Å². The molecule has 0 spiro atoms. The first-order valence-electron chi connectivity index (χ1n) is 7.65. The van der Waals surface area contributed by atoms with E-state index in [0.29, 0.717) is 11.1 Å². The molecule has 3 aromatic carbocycles. The lowest BCUT2D eigenvalue weighted by molar-refractivity contribution is 0.101. The minimum atomic E-state index is -0.0788. The fraction of sp³-hybridized carbons (Fsp3) is 0.0476. The molecular weight excluding hydrogens is 316 g/mol. The number of thioether (sulfide) groups is 1. The van der Waals surface area contributed by atoms with E-state index in [1.54, 1.807) is 12.1 Å². The van der Waals surface area contributed by atoms with Crippen LogP contribution >= 0.6 is 11.8 Å². The molecule has 24 heavy (non-hydrogen) atoms. The summed E-state index contributed by atoms with van der Waals surface area (Å²) in [4.78, 5) is 24.3. The van der Waals surface area contributed by atoms with Crippen LogP contribution in [0.2, 0.25) is 0 Å². The first-order valence-corrected chi connectivity index (χ1v) is 8.63. The van der Waals surface area contributed by atoms with Gasteiger partial charge in [0.25, 0.3) is 0 Å². The minimum Gasteiger partial charge on any atom is -0.293 e. The van der Waals surface area contributed by atoms with Gasteiger partial charge in [-0.25, -0.2) is 0 Å². The molecule has 0 saturated carbocycles. The van der Waals surface area contributed by atoms with Gasteiger partial charge in [0, 0.05) is 11.1 Å². The van der Waals surface area contributed by atoms with Gasteiger partial charge in [0.1, 0.15) is 0 Å². The number of benzene rings is 3. The highest BCUT2D eigenvalue weighted by Crippen LogP contribution is 2.20. The second-order valence-electron chi connectivity index (χ2n) is 5.31. The SMILES string of the molecule is O=C(CSC(=O)c1ccccc1)c1ccc(-c2ccccc2)cc1. The maximum absolute atomic E-state index is 12.3. The van der Waals surface area contributed by atoms with Crippen LogP contribution in [0.15, 0.2) is 84.9 Å². The van der Waals surface area contributed by atoms with Crippen molar-refractivity contribution in [3.05, 3.63) is 96.1 Å². The molecule has 0 aliphatic heterocycles. The van der Waals surface area contributed by atoms with Gasteiger partial charge in [0.2, 0.25) is 5.12 Å². The van der Waals surface area contributed by atoms with E-state index in [1.807, 2.05) is 72.8 Å². The Morgan fingerprint density at radius 1 is 0.625 bits per heavy atom. The Morgan fingerprint density at radius 3 is 1.79 bits per heavy atom. The van der Waals surface area contributed by atoms with E-state index in [4.69, 9.17) is 0 Å². The van der Waals surface area contributed by atoms with Crippen molar-refractivity contribution in [2.24, 2.45) is 0 Å². The number of hydrogen-bond acceptors (Lipinski definition) is 3. The normalized spacial score (nSPS) is 10.3. The molecular formula is C21H16O2S. The first kappa shape index (κ1) is 16.2. The maximum Gasteiger partial charge on any atom is 0.219 e. The van der Waals surface area contributed by atoms with Gasteiger partial charge in [-0.15, -0.1) is 0 Å². The smallest absolute Gasteiger partial charge is 0.219 e. The Kier molecular flexibility index (Phi) is 5.24. The summed E-state index contributed by atoms with van der Waals surface area (Å²) in [6, 6.07) is 26.5. The van der Waals surface area contributed by atoms with E-state index in [9.17, 15) is 9.59 Å². The van der Waals surface area contributed by atoms with Crippen molar-refractivity contribution in [3.63, 3.8) is 0 Å². The summed E-state index contributed by atoms with van der Waals surface area (Å²) in [6.45, 7) is 0. The van der Waals surface area contributed by atoms with E-state index in [-0.39, 0.29) is 16.7 Å². The number of ketones is 1. The third-order valence-corrected chi connectivity index (χ3v) is 4.56. The van der Waals surface area contributed by atoms with E-state index in [1.165, 1.54) is 0 Å². The number of carbonyl (C=O) groups is 2. The van der Waals surface area contributed by atoms with Gasteiger partial charge >= 0.3 is 0 Å². The monoisotopic (exact) mass is 332 g/mol. The zero-order valence-corrected chi connectivity index (χ0v) is 13.8. The molecule has 0 radical (unpaired) electrons. The second-order valence-corrected chi connectivity index (χ2v) is 6.26. The molecule has 3 aromatic rings. The topological polar surface area (TPSA) is 34.1 Å². The van der Waals surface area contributed by atoms with E-state index in [0.717, 1.165) is 22.9 Å². The van der Waals surface area contributed by atoms with Gasteiger partial charge in [-0.05, 0) is 11.1 Å². The lowest BCUT2D eigenvalue weighted by Crippen LogP contribution is -2.05. The van der Waals surface area contributed by atoms with Crippen molar-refractivity contribution in [3.8, 4) is 11.1 Å². The summed E-state index contributed by atoms with van der Waals surface area (Å²) in [5, 5.41) is -0.0788. The predicted octanol–water partition coefficient (Wildman–Crippen LogP) is 5.11. The summed E-state index contributed by atoms with van der Waals surface area (Å²) < 4.78 is 0. The molecule has 0 atom stereocenters. The average molecular weight is 332 g/mol. The summed E-state index contributed by atoms with van der Waals surface area (Å²) in [6.07, 6.45) is 0. The highest BCUT2D eigenvalue weighted by molar-refractivity contribution is 8.14. The first-order chi connectivity index (χ1) is 11.7. The lowest BCUT2D eigenvalue weighted by atomic mass is 10.0. The van der Waals surface area contributed by atoms with Crippen LogP contribution in [0.25, 0.3) is 11.1 Å². The van der Waals surface area contributed by atoms with Crippen LogP contribution in [0.3, 0.4) is 0 Å². The zero-order valence-electron chi connectivity index (χ0n) is 13.0. The summed E-state index contributed by atoms with van der Waals surface area (Å²) in [7, 11) is 0. The van der Waals surface area contributed by atoms with Crippen molar-refractivity contribution >= 4 is 22.7 Å². The van der Waals surface area contributed by atoms with Crippen LogP contribution in [0, 0.1) is 0 Å². The van der Waals surface area contributed by atoms with Crippen LogP contribution in [0.5, 0.6) is 0 Å². The number of rotatable bonds is 5. The van der Waals surface area contributed by atoms with Gasteiger partial charge in [-0.3, -0.25) is 9.59 Å². The highest BCUT2D eigenvalue weighted by atomic mass is 32.2. The molecule has 0 bridgehead atoms. The average Bonchev–Trinajstić information content (AvgIpc) is 2.67. The predicted molar refractivity (Wildman–Crippen MR) is 99.4 cm³/mol. The molecule has 0 aliphatic carbocycles. The Balaban J connectivity index is 1.62. The molecule has 118 valence electrons. The van der Waals surface area contributed by atoms with Crippen molar-refractivity contribution in [1.29, 1.82) is 0 Å². The molecule has 2 nitrogen and oxygen atoms in total. The molecule has 0 aliphatic rings. The molecule has 0 unspecified atom stereocenters. The number of Topliss-reactive ketones (excluding diaryl/α,β-unsaturated/α-hetero) is 1. The van der Waals surface area contributed by atoms with Crippen molar-refractivity contribution in [2.45, 2.75) is 0 Å². The lowest BCUT2D eigenvalue weighted by Gasteiger charge is -2.04. The third kappa shape index (κ3) is 4.00. The highest BCUT2D eigenvalue weighted by Gasteiger charge is 2.11. The Hall–Kier alpha value is -2.65. The Bertz CT molecular complexity index is 825. The molecule has 3 heteroatoms. The van der Waals surface area contributed by atoms with Gasteiger partial charge in [0.05, 0.1) is 5.75 Å². The van der Waals surface area contributed by atoms with E-state index in [2.05, 4.69) is 0 Å². The van der Waals surface area contributed by atoms with Crippen LogP contribution in [-0.2, 0) is 0 Å². The molecule has 3 rings (SSSR count). The van der Waals surface area contributed by atoms with Gasteiger partial charge in [-0.2, -0.15) is 0 Å². The van der Waals surface area contributed by atoms with Crippen LogP contribution in [0.4, 0.5) is 0 Å². The van der Waals surface area contributed by atoms with Crippen molar-refractivity contribution < 1.29 is 9.59 Å². The largest absolute Gasteiger partial charge is 0.293 e. The fourth-order valence-electron chi connectivity index (χ4n) is 2.35. The Labute approximate surface area is 145 Å². The van der Waals surface area contributed by atoms with Gasteiger partial charge < -0.3 is 0 Å². The van der Waals surface area contributed by atoms with Crippen LogP contribution in [0.1, 0.15) is 20.7 Å². The van der Waals surface area contributed by atoms with Crippen LogP contribution < -0.4 is 0 Å². The molecule has 0 amide bonds. The van der Waals surface area contributed by atoms with Crippen LogP contribution in [-0.4, -0.2) is 16.7 Å². The van der Waals surface area contributed by atoms with Gasteiger partial charge in [-0.1, -0.05) is 96.7 Å². The fourth-order valence-corrected chi connectivity index (χ4v) is 3.08. The molecule has 0 heterocycles. The maximum atomic E-state index is 12.3. The summed E-state index contributed by atoms with van der Waals surface area (Å²) in [5.74, 6) is 0.113. The number of carbonyl (C=O) groups excluding carboxylic acids is 2.